The third-order valence-corrected chi connectivity index (χ3v) is 4.51. The maximum atomic E-state index is 12.3. The van der Waals surface area contributed by atoms with Gasteiger partial charge in [0.25, 0.3) is 11.8 Å². The van der Waals surface area contributed by atoms with Crippen LogP contribution < -0.4 is 14.8 Å². The van der Waals surface area contributed by atoms with Crippen LogP contribution in [0.1, 0.15) is 28.8 Å². The average molecular weight is 368 g/mol. The number of benzene rings is 2. The molecule has 0 bridgehead atoms. The molecule has 6 heteroatoms. The molecule has 3 rings (SSSR count). The van der Waals surface area contributed by atoms with Crippen LogP contribution in [0.3, 0.4) is 0 Å². The van der Waals surface area contributed by atoms with Gasteiger partial charge in [-0.1, -0.05) is 24.3 Å². The zero-order chi connectivity index (χ0) is 19.1. The van der Waals surface area contributed by atoms with Crippen molar-refractivity contribution in [2.45, 2.75) is 19.4 Å². The van der Waals surface area contributed by atoms with Gasteiger partial charge in [-0.3, -0.25) is 9.59 Å². The topological polar surface area (TPSA) is 67.9 Å². The molecule has 0 unspecified atom stereocenters. The summed E-state index contributed by atoms with van der Waals surface area (Å²) in [6.45, 7) is 1.96. The summed E-state index contributed by atoms with van der Waals surface area (Å²) in [6, 6.07) is 14.5. The predicted octanol–water partition coefficient (Wildman–Crippen LogP) is 2.63. The highest BCUT2D eigenvalue weighted by atomic mass is 16.5. The van der Waals surface area contributed by atoms with Crippen LogP contribution in [0.4, 0.5) is 0 Å². The van der Waals surface area contributed by atoms with Crippen molar-refractivity contribution in [3.63, 3.8) is 0 Å². The molecular formula is C21H24N2O4. The summed E-state index contributed by atoms with van der Waals surface area (Å²) in [7, 11) is 1.56. The maximum absolute atomic E-state index is 12.3. The second-order valence-corrected chi connectivity index (χ2v) is 6.41. The lowest BCUT2D eigenvalue weighted by Gasteiger charge is -2.15. The zero-order valence-electron chi connectivity index (χ0n) is 15.4. The molecule has 0 radical (unpaired) electrons. The number of likely N-dealkylation sites (tertiary alicyclic amines) is 1. The molecule has 2 amide bonds. The monoisotopic (exact) mass is 368 g/mol. The molecule has 1 fully saturated rings. The summed E-state index contributed by atoms with van der Waals surface area (Å²) >= 11 is 0. The lowest BCUT2D eigenvalue weighted by Crippen LogP contribution is -2.29. The van der Waals surface area contributed by atoms with Gasteiger partial charge in [-0.15, -0.1) is 0 Å². The van der Waals surface area contributed by atoms with Gasteiger partial charge in [-0.05, 0) is 42.7 Å². The molecule has 1 heterocycles. The third kappa shape index (κ3) is 5.00. The maximum Gasteiger partial charge on any atom is 0.258 e. The van der Waals surface area contributed by atoms with E-state index in [9.17, 15) is 9.59 Å². The second-order valence-electron chi connectivity index (χ2n) is 6.41. The number of amides is 2. The van der Waals surface area contributed by atoms with E-state index in [-0.39, 0.29) is 18.4 Å². The first-order valence-corrected chi connectivity index (χ1v) is 9.08. The Labute approximate surface area is 159 Å². The van der Waals surface area contributed by atoms with Gasteiger partial charge in [-0.25, -0.2) is 0 Å². The Morgan fingerprint density at radius 2 is 1.67 bits per heavy atom. The molecule has 27 heavy (non-hydrogen) atoms. The average Bonchev–Trinajstić information content (AvgIpc) is 3.25. The SMILES string of the molecule is COc1ccccc1OCC(=O)NCc1ccc(C(=O)N2CCCC2)cc1. The van der Waals surface area contributed by atoms with E-state index in [0.717, 1.165) is 31.5 Å². The Balaban J connectivity index is 1.46. The first-order valence-electron chi connectivity index (χ1n) is 9.08. The van der Waals surface area contributed by atoms with E-state index in [2.05, 4.69) is 5.32 Å². The molecule has 0 aliphatic carbocycles. The number of nitrogens with zero attached hydrogens (tertiary/aromatic N) is 1. The smallest absolute Gasteiger partial charge is 0.258 e. The minimum absolute atomic E-state index is 0.0771. The van der Waals surface area contributed by atoms with Crippen molar-refractivity contribution in [3.8, 4) is 11.5 Å². The molecule has 1 aliphatic rings. The lowest BCUT2D eigenvalue weighted by atomic mass is 10.1. The minimum Gasteiger partial charge on any atom is -0.493 e. The molecule has 0 saturated carbocycles. The van der Waals surface area contributed by atoms with Gasteiger partial charge >= 0.3 is 0 Å². The highest BCUT2D eigenvalue weighted by Gasteiger charge is 2.19. The first-order chi connectivity index (χ1) is 13.2. The molecule has 0 spiro atoms. The first kappa shape index (κ1) is 18.8. The Bertz CT molecular complexity index is 783. The number of rotatable bonds is 7. The van der Waals surface area contributed by atoms with Crippen LogP contribution in [0.15, 0.2) is 48.5 Å². The Hall–Kier alpha value is -3.02. The van der Waals surface area contributed by atoms with E-state index >= 15 is 0 Å². The fourth-order valence-electron chi connectivity index (χ4n) is 3.00. The van der Waals surface area contributed by atoms with E-state index in [0.29, 0.717) is 23.6 Å². The standard InChI is InChI=1S/C21H24N2O4/c1-26-18-6-2-3-7-19(18)27-15-20(24)22-14-16-8-10-17(11-9-16)21(25)23-12-4-5-13-23/h2-3,6-11H,4-5,12-15H2,1H3,(H,22,24). The molecule has 1 saturated heterocycles. The summed E-state index contributed by atoms with van der Waals surface area (Å²) in [4.78, 5) is 26.2. The van der Waals surface area contributed by atoms with Crippen molar-refractivity contribution >= 4 is 11.8 Å². The molecule has 2 aromatic carbocycles. The molecular weight excluding hydrogens is 344 g/mol. The van der Waals surface area contributed by atoms with Crippen molar-refractivity contribution in [1.82, 2.24) is 10.2 Å². The van der Waals surface area contributed by atoms with Gasteiger partial charge in [0.2, 0.25) is 0 Å². The number of methoxy groups -OCH3 is 1. The normalized spacial score (nSPS) is 13.3. The Morgan fingerprint density at radius 3 is 2.33 bits per heavy atom. The summed E-state index contributed by atoms with van der Waals surface area (Å²) < 4.78 is 10.7. The van der Waals surface area contributed by atoms with Crippen molar-refractivity contribution in [3.05, 3.63) is 59.7 Å². The summed E-state index contributed by atoms with van der Waals surface area (Å²) in [5.41, 5.74) is 1.62. The molecule has 0 atom stereocenters. The third-order valence-electron chi connectivity index (χ3n) is 4.51. The highest BCUT2D eigenvalue weighted by Crippen LogP contribution is 2.25. The molecule has 2 aromatic rings. The Kier molecular flexibility index (Phi) is 6.30. The molecule has 6 nitrogen and oxygen atoms in total. The van der Waals surface area contributed by atoms with Crippen molar-refractivity contribution in [2.24, 2.45) is 0 Å². The van der Waals surface area contributed by atoms with Gasteiger partial charge < -0.3 is 19.7 Å². The van der Waals surface area contributed by atoms with E-state index in [1.807, 2.05) is 41.3 Å². The van der Waals surface area contributed by atoms with E-state index < -0.39 is 0 Å². The van der Waals surface area contributed by atoms with Gasteiger partial charge in [0, 0.05) is 25.2 Å². The predicted molar refractivity (Wildman–Crippen MR) is 102 cm³/mol. The van der Waals surface area contributed by atoms with Crippen LogP contribution in [0.2, 0.25) is 0 Å². The van der Waals surface area contributed by atoms with Crippen LogP contribution in [0, 0.1) is 0 Å². The largest absolute Gasteiger partial charge is 0.493 e. The van der Waals surface area contributed by atoms with Gasteiger partial charge in [0.1, 0.15) is 0 Å². The summed E-state index contributed by atoms with van der Waals surface area (Å²) in [5.74, 6) is 0.968. The quantitative estimate of drug-likeness (QED) is 0.816. The van der Waals surface area contributed by atoms with E-state index in [1.54, 1.807) is 19.2 Å². The van der Waals surface area contributed by atoms with Crippen LogP contribution in [0.5, 0.6) is 11.5 Å². The van der Waals surface area contributed by atoms with E-state index in [1.165, 1.54) is 0 Å². The van der Waals surface area contributed by atoms with Crippen LogP contribution >= 0.6 is 0 Å². The zero-order valence-corrected chi connectivity index (χ0v) is 15.4. The van der Waals surface area contributed by atoms with Gasteiger partial charge in [0.05, 0.1) is 7.11 Å². The minimum atomic E-state index is -0.224. The number of carbonyl (C=O) groups is 2. The molecule has 142 valence electrons. The number of carbonyl (C=O) groups excluding carboxylic acids is 2. The highest BCUT2D eigenvalue weighted by molar-refractivity contribution is 5.94. The second kappa shape index (κ2) is 9.07. The van der Waals surface area contributed by atoms with E-state index in [4.69, 9.17) is 9.47 Å². The summed E-state index contributed by atoms with van der Waals surface area (Å²) in [6.07, 6.45) is 2.15. The Morgan fingerprint density at radius 1 is 1.00 bits per heavy atom. The van der Waals surface area contributed by atoms with Gasteiger partial charge in [-0.2, -0.15) is 0 Å². The van der Waals surface area contributed by atoms with Crippen LogP contribution in [0.25, 0.3) is 0 Å². The lowest BCUT2D eigenvalue weighted by molar-refractivity contribution is -0.123. The molecule has 1 aliphatic heterocycles. The van der Waals surface area contributed by atoms with Crippen LogP contribution in [-0.4, -0.2) is 43.5 Å². The molecule has 1 N–H and O–H groups in total. The fourth-order valence-corrected chi connectivity index (χ4v) is 3.00. The number of hydrogen-bond acceptors (Lipinski definition) is 4. The number of nitrogens with one attached hydrogen (secondary N) is 1. The number of hydrogen-bond donors (Lipinski definition) is 1. The number of para-hydroxylation sites is 2. The molecule has 0 aromatic heterocycles. The fraction of sp³-hybridized carbons (Fsp3) is 0.333. The van der Waals surface area contributed by atoms with Crippen LogP contribution in [-0.2, 0) is 11.3 Å². The number of ether oxygens (including phenoxy) is 2. The van der Waals surface area contributed by atoms with Crippen molar-refractivity contribution in [2.75, 3.05) is 26.8 Å². The van der Waals surface area contributed by atoms with Crippen molar-refractivity contribution < 1.29 is 19.1 Å². The summed E-state index contributed by atoms with van der Waals surface area (Å²) in [5, 5.41) is 2.81. The van der Waals surface area contributed by atoms with Gasteiger partial charge in [0.15, 0.2) is 18.1 Å². The van der Waals surface area contributed by atoms with Crippen molar-refractivity contribution in [1.29, 1.82) is 0 Å².